The number of ether oxygens (including phenoxy) is 2. The number of rotatable bonds is 5. The van der Waals surface area contributed by atoms with Crippen LogP contribution in [0.25, 0.3) is 0 Å². The van der Waals surface area contributed by atoms with Crippen molar-refractivity contribution in [3.8, 4) is 0 Å². The number of hydrogen-bond acceptors (Lipinski definition) is 4. The number of esters is 2. The Bertz CT molecular complexity index is 335. The van der Waals surface area contributed by atoms with Crippen molar-refractivity contribution in [2.45, 2.75) is 38.4 Å². The molecular weight excluding hydrogens is 232 g/mol. The molecule has 0 aromatic heterocycles. The molecule has 0 amide bonds. The fourth-order valence-corrected chi connectivity index (χ4v) is 2.09. The van der Waals surface area contributed by atoms with Crippen LogP contribution in [0, 0.1) is 12.3 Å². The lowest BCUT2D eigenvalue weighted by Crippen LogP contribution is -2.40. The summed E-state index contributed by atoms with van der Waals surface area (Å²) in [5.41, 5.74) is 0. The van der Waals surface area contributed by atoms with Gasteiger partial charge in [-0.15, -0.1) is 0 Å². The number of carbonyl (C=O) groups is 2. The highest BCUT2D eigenvalue weighted by atomic mass is 16.6. The molecule has 1 aliphatic carbocycles. The van der Waals surface area contributed by atoms with Crippen molar-refractivity contribution in [2.24, 2.45) is 5.92 Å². The molecule has 1 fully saturated rings. The molecule has 1 radical (unpaired) electrons. The molecule has 0 saturated heterocycles. The average Bonchev–Trinajstić information content (AvgIpc) is 2.40. The molecule has 3 atom stereocenters. The van der Waals surface area contributed by atoms with Gasteiger partial charge in [-0.25, -0.2) is 9.59 Å². The Labute approximate surface area is 108 Å². The monoisotopic (exact) mass is 251 g/mol. The SMILES string of the molecule is C=CC(=O)OC1CCC([CH]C)CC1OC(=O)C=C. The molecule has 99 valence electrons. The zero-order valence-electron chi connectivity index (χ0n) is 10.6. The van der Waals surface area contributed by atoms with Crippen molar-refractivity contribution >= 4 is 11.9 Å². The van der Waals surface area contributed by atoms with Crippen LogP contribution in [-0.2, 0) is 19.1 Å². The Morgan fingerprint density at radius 3 is 2.11 bits per heavy atom. The highest BCUT2D eigenvalue weighted by molar-refractivity contribution is 5.82. The molecule has 0 aromatic carbocycles. The predicted octanol–water partition coefficient (Wildman–Crippen LogP) is 2.21. The van der Waals surface area contributed by atoms with Gasteiger partial charge in [0.2, 0.25) is 0 Å². The fourth-order valence-electron chi connectivity index (χ4n) is 2.09. The van der Waals surface area contributed by atoms with Gasteiger partial charge < -0.3 is 9.47 Å². The summed E-state index contributed by atoms with van der Waals surface area (Å²) >= 11 is 0. The van der Waals surface area contributed by atoms with Crippen LogP contribution in [0.1, 0.15) is 26.2 Å². The Morgan fingerprint density at radius 1 is 1.06 bits per heavy atom. The lowest BCUT2D eigenvalue weighted by molar-refractivity contribution is -0.166. The molecule has 0 aromatic rings. The molecule has 4 nitrogen and oxygen atoms in total. The van der Waals surface area contributed by atoms with Gasteiger partial charge in [-0.3, -0.25) is 0 Å². The van der Waals surface area contributed by atoms with E-state index in [2.05, 4.69) is 19.6 Å². The first-order valence-electron chi connectivity index (χ1n) is 6.06. The van der Waals surface area contributed by atoms with Crippen LogP contribution in [0.4, 0.5) is 0 Å². The maximum absolute atomic E-state index is 11.3. The molecule has 1 aliphatic rings. The Hall–Kier alpha value is -1.58. The third-order valence-electron chi connectivity index (χ3n) is 3.11. The molecule has 0 N–H and O–H groups in total. The largest absolute Gasteiger partial charge is 0.455 e. The average molecular weight is 251 g/mol. The summed E-state index contributed by atoms with van der Waals surface area (Å²) in [5, 5.41) is 0. The molecule has 0 aliphatic heterocycles. The molecule has 4 heteroatoms. The van der Waals surface area contributed by atoms with E-state index in [1.54, 1.807) is 0 Å². The van der Waals surface area contributed by atoms with Crippen molar-refractivity contribution < 1.29 is 19.1 Å². The summed E-state index contributed by atoms with van der Waals surface area (Å²) in [5.74, 6) is -0.596. The topological polar surface area (TPSA) is 52.6 Å². The molecule has 0 bridgehead atoms. The maximum atomic E-state index is 11.3. The van der Waals surface area contributed by atoms with Gasteiger partial charge in [0.25, 0.3) is 0 Å². The summed E-state index contributed by atoms with van der Waals surface area (Å²) in [7, 11) is 0. The molecule has 1 saturated carbocycles. The molecule has 0 heterocycles. The first-order chi connectivity index (χ1) is 8.60. The normalized spacial score (nSPS) is 27.1. The predicted molar refractivity (Wildman–Crippen MR) is 67.5 cm³/mol. The zero-order chi connectivity index (χ0) is 13.5. The van der Waals surface area contributed by atoms with Gasteiger partial charge >= 0.3 is 11.9 Å². The molecular formula is C14H19O4. The van der Waals surface area contributed by atoms with E-state index in [9.17, 15) is 9.59 Å². The number of carbonyl (C=O) groups excluding carboxylic acids is 2. The minimum atomic E-state index is -0.489. The molecule has 0 spiro atoms. The van der Waals surface area contributed by atoms with E-state index in [0.717, 1.165) is 18.6 Å². The fraction of sp³-hybridized carbons (Fsp3) is 0.500. The minimum Gasteiger partial charge on any atom is -0.455 e. The Morgan fingerprint density at radius 2 is 1.61 bits per heavy atom. The summed E-state index contributed by atoms with van der Waals surface area (Å²) in [6, 6.07) is 0. The smallest absolute Gasteiger partial charge is 0.330 e. The molecule has 3 unspecified atom stereocenters. The van der Waals surface area contributed by atoms with Crippen LogP contribution in [0.3, 0.4) is 0 Å². The van der Waals surface area contributed by atoms with E-state index in [4.69, 9.17) is 9.47 Å². The summed E-state index contributed by atoms with van der Waals surface area (Å²) in [6.07, 6.45) is 5.80. The van der Waals surface area contributed by atoms with E-state index in [-0.39, 0.29) is 0 Å². The highest BCUT2D eigenvalue weighted by Gasteiger charge is 2.34. The van der Waals surface area contributed by atoms with Crippen LogP contribution in [-0.4, -0.2) is 24.1 Å². The second-order valence-electron chi connectivity index (χ2n) is 4.27. The first kappa shape index (κ1) is 14.5. The number of hydrogen-bond donors (Lipinski definition) is 0. The van der Waals surface area contributed by atoms with Gasteiger partial charge in [0, 0.05) is 12.2 Å². The van der Waals surface area contributed by atoms with Crippen LogP contribution in [0.2, 0.25) is 0 Å². The van der Waals surface area contributed by atoms with Gasteiger partial charge in [0.05, 0.1) is 0 Å². The van der Waals surface area contributed by atoms with E-state index < -0.39 is 24.1 Å². The van der Waals surface area contributed by atoms with E-state index in [1.807, 2.05) is 6.92 Å². The second kappa shape index (κ2) is 6.99. The minimum absolute atomic E-state index is 0.381. The van der Waals surface area contributed by atoms with Gasteiger partial charge in [-0.2, -0.15) is 0 Å². The first-order valence-corrected chi connectivity index (χ1v) is 6.06. The summed E-state index contributed by atoms with van der Waals surface area (Å²) < 4.78 is 10.5. The van der Waals surface area contributed by atoms with Crippen LogP contribution in [0.5, 0.6) is 0 Å². The lowest BCUT2D eigenvalue weighted by atomic mass is 9.83. The third-order valence-corrected chi connectivity index (χ3v) is 3.11. The zero-order valence-corrected chi connectivity index (χ0v) is 10.6. The highest BCUT2D eigenvalue weighted by Crippen LogP contribution is 2.30. The second-order valence-corrected chi connectivity index (χ2v) is 4.27. The standard InChI is InChI=1S/C14H19O4/c1-4-10-7-8-11(17-13(15)5-2)12(9-10)18-14(16)6-3/h4-6,10-12H,2-3,7-9H2,1H3. The van der Waals surface area contributed by atoms with Crippen molar-refractivity contribution in [2.75, 3.05) is 0 Å². The third kappa shape index (κ3) is 4.02. The van der Waals surface area contributed by atoms with Gasteiger partial charge in [0.1, 0.15) is 12.2 Å². The van der Waals surface area contributed by atoms with Crippen LogP contribution < -0.4 is 0 Å². The quantitative estimate of drug-likeness (QED) is 0.555. The van der Waals surface area contributed by atoms with E-state index >= 15 is 0 Å². The molecule has 1 rings (SSSR count). The van der Waals surface area contributed by atoms with Crippen molar-refractivity contribution in [3.63, 3.8) is 0 Å². The van der Waals surface area contributed by atoms with Crippen LogP contribution >= 0.6 is 0 Å². The van der Waals surface area contributed by atoms with Crippen molar-refractivity contribution in [1.29, 1.82) is 0 Å². The van der Waals surface area contributed by atoms with Crippen LogP contribution in [0.15, 0.2) is 25.3 Å². The van der Waals surface area contributed by atoms with Gasteiger partial charge in [-0.05, 0) is 31.6 Å². The van der Waals surface area contributed by atoms with E-state index in [1.165, 1.54) is 0 Å². The van der Waals surface area contributed by atoms with Gasteiger partial charge in [-0.1, -0.05) is 20.1 Å². The summed E-state index contributed by atoms with van der Waals surface area (Å²) in [4.78, 5) is 22.5. The van der Waals surface area contributed by atoms with Crippen molar-refractivity contribution in [1.82, 2.24) is 0 Å². The lowest BCUT2D eigenvalue weighted by Gasteiger charge is -2.34. The Kier molecular flexibility index (Phi) is 5.62. The van der Waals surface area contributed by atoms with Crippen molar-refractivity contribution in [3.05, 3.63) is 31.7 Å². The maximum Gasteiger partial charge on any atom is 0.330 e. The summed E-state index contributed by atoms with van der Waals surface area (Å²) in [6.45, 7) is 8.70. The molecule has 18 heavy (non-hydrogen) atoms. The van der Waals surface area contributed by atoms with E-state index in [0.29, 0.717) is 18.8 Å². The Balaban J connectivity index is 2.66. The van der Waals surface area contributed by atoms with Gasteiger partial charge in [0.15, 0.2) is 0 Å².